The van der Waals surface area contributed by atoms with Crippen molar-refractivity contribution in [3.63, 3.8) is 0 Å². The fourth-order valence-electron chi connectivity index (χ4n) is 2.69. The summed E-state index contributed by atoms with van der Waals surface area (Å²) in [5, 5.41) is 12.9. The molecule has 1 heterocycles. The molecular weight excluding hydrogens is 284 g/mol. The summed E-state index contributed by atoms with van der Waals surface area (Å²) in [7, 11) is 0. The van der Waals surface area contributed by atoms with Crippen LogP contribution in [0.4, 0.5) is 0 Å². The molecule has 2 aromatic rings. The van der Waals surface area contributed by atoms with Crippen molar-refractivity contribution in [1.29, 1.82) is 0 Å². The molecule has 0 bridgehead atoms. The minimum absolute atomic E-state index is 0.187. The van der Waals surface area contributed by atoms with Gasteiger partial charge < -0.3 is 14.4 Å². The van der Waals surface area contributed by atoms with Crippen LogP contribution >= 0.6 is 0 Å². The van der Waals surface area contributed by atoms with Crippen molar-refractivity contribution in [3.05, 3.63) is 41.5 Å². The predicted octanol–water partition coefficient (Wildman–Crippen LogP) is 3.39. The summed E-state index contributed by atoms with van der Waals surface area (Å²) in [6, 6.07) is 6.22. The molecule has 0 unspecified atom stereocenters. The van der Waals surface area contributed by atoms with Crippen LogP contribution in [0.1, 0.15) is 60.1 Å². The molecule has 6 nitrogen and oxygen atoms in total. The predicted molar refractivity (Wildman–Crippen MR) is 77.9 cm³/mol. The third kappa shape index (κ3) is 3.44. The molecule has 0 spiro atoms. The summed E-state index contributed by atoms with van der Waals surface area (Å²) >= 11 is 0. The lowest BCUT2D eigenvalue weighted by atomic mass is 9.89. The average Bonchev–Trinajstić information content (AvgIpc) is 3.03. The third-order valence-electron chi connectivity index (χ3n) is 3.92. The maximum Gasteiger partial charge on any atom is 0.335 e. The Labute approximate surface area is 128 Å². The van der Waals surface area contributed by atoms with Gasteiger partial charge in [-0.1, -0.05) is 24.4 Å². The quantitative estimate of drug-likeness (QED) is 0.911. The van der Waals surface area contributed by atoms with E-state index in [1.165, 1.54) is 31.4 Å². The summed E-state index contributed by atoms with van der Waals surface area (Å²) in [6.07, 6.45) is 5.98. The van der Waals surface area contributed by atoms with Crippen LogP contribution in [-0.2, 0) is 6.61 Å². The number of hydrogen-bond donors (Lipinski definition) is 1. The first-order valence-corrected chi connectivity index (χ1v) is 7.51. The van der Waals surface area contributed by atoms with Crippen molar-refractivity contribution in [3.8, 4) is 5.75 Å². The Morgan fingerprint density at radius 3 is 2.64 bits per heavy atom. The molecule has 3 rings (SSSR count). The van der Waals surface area contributed by atoms with Gasteiger partial charge in [0.25, 0.3) is 5.89 Å². The van der Waals surface area contributed by atoms with Crippen molar-refractivity contribution >= 4 is 5.97 Å². The fourth-order valence-corrected chi connectivity index (χ4v) is 2.69. The number of carboxylic acid groups (broad SMARTS) is 1. The Bertz CT molecular complexity index is 630. The minimum atomic E-state index is -0.958. The van der Waals surface area contributed by atoms with E-state index in [2.05, 4.69) is 10.1 Å². The lowest BCUT2D eigenvalue weighted by Crippen LogP contribution is -2.06. The van der Waals surface area contributed by atoms with E-state index in [9.17, 15) is 4.79 Å². The molecule has 1 saturated carbocycles. The largest absolute Gasteiger partial charge is 0.484 e. The summed E-state index contributed by atoms with van der Waals surface area (Å²) < 4.78 is 10.8. The van der Waals surface area contributed by atoms with Crippen LogP contribution in [-0.4, -0.2) is 21.2 Å². The van der Waals surface area contributed by atoms with E-state index in [-0.39, 0.29) is 12.2 Å². The van der Waals surface area contributed by atoms with Gasteiger partial charge in [-0.2, -0.15) is 4.98 Å². The normalized spacial score (nSPS) is 15.6. The molecule has 1 fully saturated rings. The van der Waals surface area contributed by atoms with E-state index < -0.39 is 5.97 Å². The van der Waals surface area contributed by atoms with Crippen LogP contribution in [0.2, 0.25) is 0 Å². The van der Waals surface area contributed by atoms with Crippen molar-refractivity contribution < 1.29 is 19.2 Å². The van der Waals surface area contributed by atoms with Gasteiger partial charge in [0.05, 0.1) is 5.56 Å². The lowest BCUT2D eigenvalue weighted by molar-refractivity contribution is 0.0697. The Kier molecular flexibility index (Phi) is 4.37. The van der Waals surface area contributed by atoms with Crippen molar-refractivity contribution in [2.45, 2.75) is 44.6 Å². The molecule has 0 radical (unpaired) electrons. The Morgan fingerprint density at radius 2 is 1.95 bits per heavy atom. The first kappa shape index (κ1) is 14.6. The van der Waals surface area contributed by atoms with Crippen molar-refractivity contribution in [2.75, 3.05) is 0 Å². The highest BCUT2D eigenvalue weighted by Gasteiger charge is 2.20. The fraction of sp³-hybridized carbons (Fsp3) is 0.438. The highest BCUT2D eigenvalue weighted by molar-refractivity contribution is 5.87. The number of rotatable bonds is 5. The molecule has 1 aliphatic rings. The minimum Gasteiger partial charge on any atom is -0.484 e. The Hall–Kier alpha value is -2.37. The van der Waals surface area contributed by atoms with E-state index >= 15 is 0 Å². The van der Waals surface area contributed by atoms with E-state index in [0.717, 1.165) is 18.7 Å². The van der Waals surface area contributed by atoms with Gasteiger partial charge in [-0.25, -0.2) is 4.79 Å². The second-order valence-corrected chi connectivity index (χ2v) is 5.50. The van der Waals surface area contributed by atoms with Crippen LogP contribution < -0.4 is 4.74 Å². The van der Waals surface area contributed by atoms with Gasteiger partial charge in [-0.3, -0.25) is 0 Å². The first-order valence-electron chi connectivity index (χ1n) is 7.51. The van der Waals surface area contributed by atoms with E-state index in [4.69, 9.17) is 14.4 Å². The number of benzene rings is 1. The van der Waals surface area contributed by atoms with Gasteiger partial charge in [-0.05, 0) is 37.1 Å². The monoisotopic (exact) mass is 302 g/mol. The first-order chi connectivity index (χ1) is 10.7. The lowest BCUT2D eigenvalue weighted by Gasteiger charge is -2.17. The standard InChI is InChI=1S/C16H18N2O4/c19-16(20)12-6-8-13(9-7-12)21-10-14-17-15(18-22-14)11-4-2-1-3-5-11/h6-9,11H,1-5,10H2,(H,19,20). The number of aromatic nitrogens is 2. The molecule has 1 aromatic heterocycles. The highest BCUT2D eigenvalue weighted by atomic mass is 16.5. The van der Waals surface area contributed by atoms with Crippen LogP contribution in [0.3, 0.4) is 0 Å². The van der Waals surface area contributed by atoms with Crippen LogP contribution in [0.5, 0.6) is 5.75 Å². The summed E-state index contributed by atoms with van der Waals surface area (Å²) in [4.78, 5) is 15.2. The Morgan fingerprint density at radius 1 is 1.23 bits per heavy atom. The SMILES string of the molecule is O=C(O)c1ccc(OCc2nc(C3CCCCC3)no2)cc1. The summed E-state index contributed by atoms with van der Waals surface area (Å²) in [5.41, 5.74) is 0.227. The number of ether oxygens (including phenoxy) is 1. The number of carbonyl (C=O) groups is 1. The molecule has 0 amide bonds. The molecule has 6 heteroatoms. The van der Waals surface area contributed by atoms with E-state index in [1.807, 2.05) is 0 Å². The molecule has 0 saturated heterocycles. The van der Waals surface area contributed by atoms with E-state index in [0.29, 0.717) is 17.6 Å². The van der Waals surface area contributed by atoms with Crippen molar-refractivity contribution in [2.24, 2.45) is 0 Å². The molecular formula is C16H18N2O4. The summed E-state index contributed by atoms with van der Waals surface area (Å²) in [6.45, 7) is 0.187. The van der Waals surface area contributed by atoms with Gasteiger partial charge in [0, 0.05) is 5.92 Å². The molecule has 0 aliphatic heterocycles. The highest BCUT2D eigenvalue weighted by Crippen LogP contribution is 2.30. The molecule has 116 valence electrons. The zero-order valence-electron chi connectivity index (χ0n) is 12.2. The van der Waals surface area contributed by atoms with E-state index in [1.54, 1.807) is 12.1 Å². The average molecular weight is 302 g/mol. The van der Waals surface area contributed by atoms with Crippen LogP contribution in [0.15, 0.2) is 28.8 Å². The molecule has 1 N–H and O–H groups in total. The van der Waals surface area contributed by atoms with Crippen LogP contribution in [0, 0.1) is 0 Å². The smallest absolute Gasteiger partial charge is 0.335 e. The topological polar surface area (TPSA) is 85.5 Å². The van der Waals surface area contributed by atoms with Crippen LogP contribution in [0.25, 0.3) is 0 Å². The Balaban J connectivity index is 1.57. The number of aromatic carboxylic acids is 1. The zero-order chi connectivity index (χ0) is 15.4. The van der Waals surface area contributed by atoms with Gasteiger partial charge in [0.2, 0.25) is 0 Å². The van der Waals surface area contributed by atoms with Crippen molar-refractivity contribution in [1.82, 2.24) is 10.1 Å². The third-order valence-corrected chi connectivity index (χ3v) is 3.92. The number of nitrogens with zero attached hydrogens (tertiary/aromatic N) is 2. The molecule has 0 atom stereocenters. The summed E-state index contributed by atoms with van der Waals surface area (Å²) in [5.74, 6) is 1.24. The zero-order valence-corrected chi connectivity index (χ0v) is 12.2. The second kappa shape index (κ2) is 6.60. The number of carboxylic acids is 1. The second-order valence-electron chi connectivity index (χ2n) is 5.50. The van der Waals surface area contributed by atoms with Gasteiger partial charge in [0.15, 0.2) is 12.4 Å². The number of hydrogen-bond acceptors (Lipinski definition) is 5. The van der Waals surface area contributed by atoms with Gasteiger partial charge in [-0.15, -0.1) is 0 Å². The molecule has 1 aliphatic carbocycles. The molecule has 22 heavy (non-hydrogen) atoms. The maximum absolute atomic E-state index is 10.8. The van der Waals surface area contributed by atoms with Gasteiger partial charge >= 0.3 is 5.97 Å². The molecule has 1 aromatic carbocycles. The van der Waals surface area contributed by atoms with Gasteiger partial charge in [0.1, 0.15) is 5.75 Å². The maximum atomic E-state index is 10.8.